The summed E-state index contributed by atoms with van der Waals surface area (Å²) in [6, 6.07) is 17.8. The van der Waals surface area contributed by atoms with Gasteiger partial charge < -0.3 is 4.74 Å². The van der Waals surface area contributed by atoms with Gasteiger partial charge in [0.25, 0.3) is 0 Å². The first kappa shape index (κ1) is 13.3. The summed E-state index contributed by atoms with van der Waals surface area (Å²) < 4.78 is 5.42. The number of fused-ring (bicyclic) bond motifs is 1. The standard InChI is InChI=1S/C18H16N2O/c1-2-21-17-10-8-16(9-11-17)20-13-15-6-3-5-14-7-4-12-19-18(14)15/h3-13H,2H2,1H3. The van der Waals surface area contributed by atoms with Gasteiger partial charge in [-0.05, 0) is 37.3 Å². The summed E-state index contributed by atoms with van der Waals surface area (Å²) in [5.41, 5.74) is 2.88. The van der Waals surface area contributed by atoms with Crippen LogP contribution in [0.2, 0.25) is 0 Å². The molecule has 0 saturated carbocycles. The minimum Gasteiger partial charge on any atom is -0.494 e. The molecule has 0 unspecified atom stereocenters. The van der Waals surface area contributed by atoms with Crippen LogP contribution in [0.25, 0.3) is 10.9 Å². The van der Waals surface area contributed by atoms with E-state index in [1.54, 1.807) is 6.20 Å². The summed E-state index contributed by atoms with van der Waals surface area (Å²) in [6.07, 6.45) is 3.65. The Bertz CT molecular complexity index is 758. The fraction of sp³-hybridized carbons (Fsp3) is 0.111. The summed E-state index contributed by atoms with van der Waals surface area (Å²) in [5, 5.41) is 1.12. The van der Waals surface area contributed by atoms with Crippen molar-refractivity contribution in [2.45, 2.75) is 6.92 Å². The maximum Gasteiger partial charge on any atom is 0.119 e. The number of benzene rings is 2. The molecule has 0 N–H and O–H groups in total. The fourth-order valence-electron chi connectivity index (χ4n) is 2.17. The number of hydrogen-bond acceptors (Lipinski definition) is 3. The number of hydrogen-bond donors (Lipinski definition) is 0. The highest BCUT2D eigenvalue weighted by molar-refractivity contribution is 5.98. The Hall–Kier alpha value is -2.68. The van der Waals surface area contributed by atoms with E-state index in [4.69, 9.17) is 4.74 Å². The third-order valence-electron chi connectivity index (χ3n) is 3.16. The van der Waals surface area contributed by atoms with Gasteiger partial charge in [-0.1, -0.05) is 24.3 Å². The minimum absolute atomic E-state index is 0.671. The largest absolute Gasteiger partial charge is 0.494 e. The number of ether oxygens (including phenoxy) is 1. The van der Waals surface area contributed by atoms with Gasteiger partial charge in [0.05, 0.1) is 17.8 Å². The van der Waals surface area contributed by atoms with Crippen LogP contribution < -0.4 is 4.74 Å². The van der Waals surface area contributed by atoms with E-state index in [0.29, 0.717) is 6.61 Å². The summed E-state index contributed by atoms with van der Waals surface area (Å²) in [4.78, 5) is 8.93. The van der Waals surface area contributed by atoms with Crippen molar-refractivity contribution in [3.63, 3.8) is 0 Å². The quantitative estimate of drug-likeness (QED) is 0.662. The maximum absolute atomic E-state index is 5.42. The molecule has 3 aromatic rings. The van der Waals surface area contributed by atoms with Crippen molar-refractivity contribution >= 4 is 22.8 Å². The molecule has 0 atom stereocenters. The zero-order valence-electron chi connectivity index (χ0n) is 11.9. The van der Waals surface area contributed by atoms with E-state index in [1.165, 1.54) is 0 Å². The molecular formula is C18H16N2O. The second-order valence-electron chi connectivity index (χ2n) is 4.61. The van der Waals surface area contributed by atoms with E-state index in [9.17, 15) is 0 Å². The molecule has 2 aromatic carbocycles. The molecule has 0 aliphatic rings. The van der Waals surface area contributed by atoms with Gasteiger partial charge in [-0.3, -0.25) is 9.98 Å². The van der Waals surface area contributed by atoms with Crippen LogP contribution in [0.4, 0.5) is 5.69 Å². The first-order valence-electron chi connectivity index (χ1n) is 6.97. The summed E-state index contributed by atoms with van der Waals surface area (Å²) in [7, 11) is 0. The molecule has 0 aliphatic carbocycles. The van der Waals surface area contributed by atoms with Crippen LogP contribution in [0.1, 0.15) is 12.5 Å². The number of aromatic nitrogens is 1. The van der Waals surface area contributed by atoms with E-state index in [-0.39, 0.29) is 0 Å². The molecule has 0 bridgehead atoms. The van der Waals surface area contributed by atoms with Crippen LogP contribution in [0, 0.1) is 0 Å². The van der Waals surface area contributed by atoms with Gasteiger partial charge in [-0.15, -0.1) is 0 Å². The lowest BCUT2D eigenvalue weighted by Gasteiger charge is -2.02. The first-order valence-corrected chi connectivity index (χ1v) is 6.97. The SMILES string of the molecule is CCOc1ccc(N=Cc2cccc3cccnc23)cc1. The topological polar surface area (TPSA) is 34.5 Å². The molecule has 0 fully saturated rings. The van der Waals surface area contributed by atoms with Gasteiger partial charge >= 0.3 is 0 Å². The van der Waals surface area contributed by atoms with Crippen LogP contribution in [0.5, 0.6) is 5.75 Å². The smallest absolute Gasteiger partial charge is 0.119 e. The molecule has 104 valence electrons. The maximum atomic E-state index is 5.42. The van der Waals surface area contributed by atoms with Crippen LogP contribution >= 0.6 is 0 Å². The summed E-state index contributed by atoms with van der Waals surface area (Å²) in [5.74, 6) is 0.864. The monoisotopic (exact) mass is 276 g/mol. The predicted molar refractivity (Wildman–Crippen MR) is 86.6 cm³/mol. The van der Waals surface area contributed by atoms with Crippen LogP contribution in [0.3, 0.4) is 0 Å². The van der Waals surface area contributed by atoms with E-state index in [2.05, 4.69) is 22.1 Å². The molecule has 3 nitrogen and oxygen atoms in total. The Morgan fingerprint density at radius 1 is 1.05 bits per heavy atom. The van der Waals surface area contributed by atoms with Crippen LogP contribution in [-0.2, 0) is 0 Å². The number of rotatable bonds is 4. The average molecular weight is 276 g/mol. The zero-order chi connectivity index (χ0) is 14.5. The molecular weight excluding hydrogens is 260 g/mol. The minimum atomic E-state index is 0.671. The van der Waals surface area contributed by atoms with E-state index >= 15 is 0 Å². The Kier molecular flexibility index (Phi) is 3.92. The van der Waals surface area contributed by atoms with E-state index in [0.717, 1.165) is 27.9 Å². The molecule has 21 heavy (non-hydrogen) atoms. The van der Waals surface area contributed by atoms with Gasteiger partial charge in [0.15, 0.2) is 0 Å². The number of pyridine rings is 1. The van der Waals surface area contributed by atoms with Crippen LogP contribution in [-0.4, -0.2) is 17.8 Å². The molecule has 0 spiro atoms. The number of aliphatic imine (C=N–C) groups is 1. The van der Waals surface area contributed by atoms with Crippen molar-refractivity contribution in [2.24, 2.45) is 4.99 Å². The van der Waals surface area contributed by atoms with Gasteiger partial charge in [0.2, 0.25) is 0 Å². The van der Waals surface area contributed by atoms with E-state index in [1.807, 2.05) is 55.6 Å². The third kappa shape index (κ3) is 3.08. The normalized spacial score (nSPS) is 11.1. The van der Waals surface area contributed by atoms with Crippen molar-refractivity contribution < 1.29 is 4.74 Å². The zero-order valence-corrected chi connectivity index (χ0v) is 11.9. The van der Waals surface area contributed by atoms with Gasteiger partial charge in [-0.2, -0.15) is 0 Å². The Labute approximate surface area is 123 Å². The second kappa shape index (κ2) is 6.18. The average Bonchev–Trinajstić information content (AvgIpc) is 2.54. The molecule has 0 radical (unpaired) electrons. The van der Waals surface area contributed by atoms with Crippen LogP contribution in [0.15, 0.2) is 65.8 Å². The molecule has 1 heterocycles. The molecule has 3 heteroatoms. The molecule has 0 amide bonds. The summed E-state index contributed by atoms with van der Waals surface area (Å²) >= 11 is 0. The highest BCUT2D eigenvalue weighted by atomic mass is 16.5. The van der Waals surface area contributed by atoms with Gasteiger partial charge in [-0.25, -0.2) is 0 Å². The fourth-order valence-corrected chi connectivity index (χ4v) is 2.17. The molecule has 0 saturated heterocycles. The van der Waals surface area contributed by atoms with Gasteiger partial charge in [0, 0.05) is 23.4 Å². The Morgan fingerprint density at radius 3 is 2.67 bits per heavy atom. The first-order chi connectivity index (χ1) is 10.4. The predicted octanol–water partition coefficient (Wildman–Crippen LogP) is 4.38. The third-order valence-corrected chi connectivity index (χ3v) is 3.16. The molecule has 0 aliphatic heterocycles. The Balaban J connectivity index is 1.87. The molecule has 3 rings (SSSR count). The van der Waals surface area contributed by atoms with Crippen molar-refractivity contribution in [2.75, 3.05) is 6.61 Å². The molecule has 1 aromatic heterocycles. The van der Waals surface area contributed by atoms with Crippen molar-refractivity contribution in [1.29, 1.82) is 0 Å². The van der Waals surface area contributed by atoms with Crippen molar-refractivity contribution in [1.82, 2.24) is 4.98 Å². The number of para-hydroxylation sites is 1. The lowest BCUT2D eigenvalue weighted by atomic mass is 10.1. The lowest BCUT2D eigenvalue weighted by Crippen LogP contribution is -1.90. The Morgan fingerprint density at radius 2 is 1.86 bits per heavy atom. The van der Waals surface area contributed by atoms with Gasteiger partial charge in [0.1, 0.15) is 5.75 Å². The van der Waals surface area contributed by atoms with E-state index < -0.39 is 0 Å². The van der Waals surface area contributed by atoms with Crippen molar-refractivity contribution in [3.8, 4) is 5.75 Å². The number of nitrogens with zero attached hydrogens (tertiary/aromatic N) is 2. The highest BCUT2D eigenvalue weighted by Crippen LogP contribution is 2.19. The van der Waals surface area contributed by atoms with Crippen molar-refractivity contribution in [3.05, 3.63) is 66.4 Å². The highest BCUT2D eigenvalue weighted by Gasteiger charge is 1.99. The summed E-state index contributed by atoms with van der Waals surface area (Å²) in [6.45, 7) is 2.64. The lowest BCUT2D eigenvalue weighted by molar-refractivity contribution is 0.340. The second-order valence-corrected chi connectivity index (χ2v) is 4.61.